The van der Waals surface area contributed by atoms with Crippen molar-refractivity contribution in [2.45, 2.75) is 32.0 Å². The van der Waals surface area contributed by atoms with Gasteiger partial charge in [0.05, 0.1) is 41.1 Å². The third-order valence-corrected chi connectivity index (χ3v) is 8.56. The number of allylic oxidation sites excluding steroid dienone is 3. The fourth-order valence-electron chi connectivity index (χ4n) is 5.87. The van der Waals surface area contributed by atoms with Gasteiger partial charge in [-0.05, 0) is 44.0 Å². The first-order valence-corrected chi connectivity index (χ1v) is 13.1. The highest BCUT2D eigenvalue weighted by molar-refractivity contribution is 7.99. The number of amides is 1. The molecule has 4 aliphatic heterocycles. The van der Waals surface area contributed by atoms with Gasteiger partial charge in [0, 0.05) is 30.5 Å². The number of piperidine rings is 1. The molecule has 5 heterocycles. The minimum atomic E-state index is -4.38. The number of fused-ring (bicyclic) bond motifs is 2. The second kappa shape index (κ2) is 8.25. The van der Waals surface area contributed by atoms with Crippen LogP contribution in [-0.4, -0.2) is 67.8 Å². The van der Waals surface area contributed by atoms with Gasteiger partial charge < -0.3 is 9.47 Å². The van der Waals surface area contributed by atoms with Crippen LogP contribution in [0.3, 0.4) is 0 Å². The van der Waals surface area contributed by atoms with Crippen LogP contribution in [-0.2, 0) is 11.0 Å². The number of alkyl halides is 3. The molecule has 2 aromatic rings. The van der Waals surface area contributed by atoms with Gasteiger partial charge in [0.2, 0.25) is 0 Å². The average molecular weight is 503 g/mol. The molecule has 6 rings (SSSR count). The van der Waals surface area contributed by atoms with E-state index in [1.165, 1.54) is 0 Å². The van der Waals surface area contributed by atoms with Crippen molar-refractivity contribution in [3.8, 4) is 0 Å². The number of thioether (sulfide) groups is 1. The number of nitrogens with zero attached hydrogens (tertiary/aromatic N) is 5. The lowest BCUT2D eigenvalue weighted by molar-refractivity contribution is -0.949. The van der Waals surface area contributed by atoms with Gasteiger partial charge in [-0.2, -0.15) is 17.8 Å². The van der Waals surface area contributed by atoms with Gasteiger partial charge in [-0.1, -0.05) is 0 Å². The lowest BCUT2D eigenvalue weighted by atomic mass is 10.0. The van der Waals surface area contributed by atoms with Gasteiger partial charge in [0.1, 0.15) is 18.6 Å². The van der Waals surface area contributed by atoms with Crippen molar-refractivity contribution in [2.75, 3.05) is 37.8 Å². The first-order valence-electron chi connectivity index (χ1n) is 11.9. The summed E-state index contributed by atoms with van der Waals surface area (Å²) in [5.41, 5.74) is 2.47. The summed E-state index contributed by atoms with van der Waals surface area (Å²) in [5, 5.41) is 2.41. The molecule has 35 heavy (non-hydrogen) atoms. The van der Waals surface area contributed by atoms with Crippen LogP contribution in [0.2, 0.25) is 0 Å². The van der Waals surface area contributed by atoms with Crippen molar-refractivity contribution in [1.29, 1.82) is 0 Å². The number of carbonyl (C=O) groups excluding carboxylic acids is 1. The van der Waals surface area contributed by atoms with E-state index >= 15 is 0 Å². The summed E-state index contributed by atoms with van der Waals surface area (Å²) in [6.07, 6.45) is 5.73. The lowest BCUT2D eigenvalue weighted by Crippen LogP contribution is -2.56. The molecule has 2 fully saturated rings. The summed E-state index contributed by atoms with van der Waals surface area (Å²) in [6, 6.07) is 4.01. The lowest BCUT2D eigenvalue weighted by Gasteiger charge is -2.43. The molecule has 0 N–H and O–H groups in total. The molecule has 0 spiro atoms. The van der Waals surface area contributed by atoms with Gasteiger partial charge in [0.15, 0.2) is 5.70 Å². The van der Waals surface area contributed by atoms with E-state index in [1.807, 2.05) is 11.8 Å². The molecule has 6 nitrogen and oxygen atoms in total. The van der Waals surface area contributed by atoms with Crippen molar-refractivity contribution in [3.63, 3.8) is 0 Å². The number of rotatable bonds is 3. The highest BCUT2D eigenvalue weighted by Crippen LogP contribution is 2.41. The minimum absolute atomic E-state index is 0.143. The van der Waals surface area contributed by atoms with E-state index in [0.717, 1.165) is 78.8 Å². The number of hydrogen-bond acceptors (Lipinski definition) is 4. The van der Waals surface area contributed by atoms with E-state index in [-0.39, 0.29) is 11.9 Å². The van der Waals surface area contributed by atoms with Gasteiger partial charge in [-0.25, -0.2) is 4.98 Å². The Bertz CT molecular complexity index is 1280. The van der Waals surface area contributed by atoms with E-state index in [2.05, 4.69) is 39.0 Å². The number of imidazole rings is 1. The summed E-state index contributed by atoms with van der Waals surface area (Å²) in [4.78, 5) is 19.4. The van der Waals surface area contributed by atoms with E-state index in [9.17, 15) is 18.0 Å². The fourth-order valence-corrected chi connectivity index (χ4v) is 6.82. The Morgan fingerprint density at radius 3 is 2.71 bits per heavy atom. The summed E-state index contributed by atoms with van der Waals surface area (Å²) < 4.78 is 42.1. The molecule has 4 aliphatic rings. The molecule has 0 unspecified atom stereocenters. The van der Waals surface area contributed by atoms with Gasteiger partial charge in [-0.3, -0.25) is 4.79 Å². The normalized spacial score (nSPS) is 25.4. The number of hydrogen-bond donors (Lipinski definition) is 0. The van der Waals surface area contributed by atoms with E-state index in [1.54, 1.807) is 17.8 Å². The zero-order valence-corrected chi connectivity index (χ0v) is 20.3. The number of aryl methyl sites for hydroxylation is 1. The molecule has 1 aromatic carbocycles. The van der Waals surface area contributed by atoms with Gasteiger partial charge in [-0.15, -0.1) is 16.8 Å². The Morgan fingerprint density at radius 2 is 2.00 bits per heavy atom. The Balaban J connectivity index is 1.20. The molecule has 0 bridgehead atoms. The van der Waals surface area contributed by atoms with Crippen molar-refractivity contribution in [1.82, 2.24) is 19.5 Å². The smallest absolute Gasteiger partial charge is 0.329 e. The zero-order chi connectivity index (χ0) is 24.4. The second-order valence-electron chi connectivity index (χ2n) is 9.61. The van der Waals surface area contributed by atoms with E-state index in [0.29, 0.717) is 16.7 Å². The van der Waals surface area contributed by atoms with Crippen LogP contribution >= 0.6 is 11.8 Å². The standard InChI is InChI=1S/C25H27F3N5OS/c1-17-29-22-14-19(25(26,27)28)4-5-23(22)32(17)20-6-8-31(9-7-20)33-11-2-3-21(33)13-18(15-33)24(34)30-10-12-35-16-30/h2-5,11,13-14,20H,6-10,12,15-16H2,1H3/q+1/t33-/m1/s1. The van der Waals surface area contributed by atoms with Crippen LogP contribution < -0.4 is 0 Å². The predicted octanol–water partition coefficient (Wildman–Crippen LogP) is 4.62. The number of benzene rings is 1. The van der Waals surface area contributed by atoms with Crippen LogP contribution in [0.25, 0.3) is 11.0 Å². The molecule has 2 saturated heterocycles. The van der Waals surface area contributed by atoms with Crippen LogP contribution in [0.4, 0.5) is 13.2 Å². The molecule has 10 heteroatoms. The van der Waals surface area contributed by atoms with Crippen molar-refractivity contribution in [2.24, 2.45) is 0 Å². The van der Waals surface area contributed by atoms with Gasteiger partial charge >= 0.3 is 6.18 Å². The molecule has 1 aromatic heterocycles. The summed E-state index contributed by atoms with van der Waals surface area (Å²) in [5.74, 6) is 2.64. The maximum Gasteiger partial charge on any atom is 0.416 e. The van der Waals surface area contributed by atoms with Crippen LogP contribution in [0.5, 0.6) is 0 Å². The van der Waals surface area contributed by atoms with Crippen LogP contribution in [0.15, 0.2) is 53.9 Å². The van der Waals surface area contributed by atoms with Crippen LogP contribution in [0, 0.1) is 6.92 Å². The summed E-state index contributed by atoms with van der Waals surface area (Å²) in [6.45, 7) is 4.95. The molecule has 0 aliphatic carbocycles. The number of quaternary nitrogens is 1. The highest BCUT2D eigenvalue weighted by Gasteiger charge is 2.48. The maximum absolute atomic E-state index is 13.2. The summed E-state index contributed by atoms with van der Waals surface area (Å²) >= 11 is 1.79. The minimum Gasteiger partial charge on any atom is -0.329 e. The van der Waals surface area contributed by atoms with Gasteiger partial charge in [0.25, 0.3) is 5.91 Å². The first-order chi connectivity index (χ1) is 16.8. The molecule has 0 radical (unpaired) electrons. The van der Waals surface area contributed by atoms with Crippen molar-refractivity contribution < 1.29 is 22.6 Å². The predicted molar refractivity (Wildman–Crippen MR) is 129 cm³/mol. The molecular formula is C25H27F3N5OS+. The van der Waals surface area contributed by atoms with Crippen LogP contribution in [0.1, 0.15) is 30.3 Å². The Kier molecular flexibility index (Phi) is 5.39. The molecule has 0 saturated carbocycles. The van der Waals surface area contributed by atoms with E-state index < -0.39 is 11.7 Å². The number of aromatic nitrogens is 2. The molecular weight excluding hydrogens is 475 g/mol. The number of halogens is 3. The quantitative estimate of drug-likeness (QED) is 0.575. The average Bonchev–Trinajstić information content (AvgIpc) is 3.60. The Hall–Kier alpha value is -2.56. The van der Waals surface area contributed by atoms with Crippen molar-refractivity contribution in [3.05, 3.63) is 65.3 Å². The van der Waals surface area contributed by atoms with Crippen molar-refractivity contribution >= 4 is 28.7 Å². The third kappa shape index (κ3) is 3.73. The first kappa shape index (κ1) is 22.9. The topological polar surface area (TPSA) is 41.4 Å². The molecule has 1 atom stereocenters. The third-order valence-electron chi connectivity index (χ3n) is 7.60. The highest BCUT2D eigenvalue weighted by atomic mass is 32.2. The number of carbonyl (C=O) groups is 1. The monoisotopic (exact) mass is 502 g/mol. The summed E-state index contributed by atoms with van der Waals surface area (Å²) in [7, 11) is 0. The fraction of sp³-hybridized carbons (Fsp3) is 0.440. The largest absolute Gasteiger partial charge is 0.416 e. The molecule has 1 amide bonds. The second-order valence-corrected chi connectivity index (χ2v) is 10.7. The molecule has 184 valence electrons. The Labute approximate surface area is 205 Å². The Morgan fingerprint density at radius 1 is 1.20 bits per heavy atom. The maximum atomic E-state index is 13.2. The zero-order valence-electron chi connectivity index (χ0n) is 19.5. The SMILES string of the molecule is Cc1nc2cc(C(F)(F)F)ccc2n1C1CCN([N@@+]23C=CC=C2C=C(C(=O)N2CCSC2)C3)CC1. The van der Waals surface area contributed by atoms with E-state index in [4.69, 9.17) is 0 Å².